The summed E-state index contributed by atoms with van der Waals surface area (Å²) in [5.74, 6) is -0.152. The molecule has 2 atom stereocenters. The fraction of sp³-hybridized carbons (Fsp3) is 0.739. The molecule has 9 heteroatoms. The van der Waals surface area contributed by atoms with E-state index in [1.165, 1.54) is 30.6 Å². The number of nitrogens with zero attached hydrogens (tertiary/aromatic N) is 2. The Morgan fingerprint density at radius 2 is 1.91 bits per heavy atom. The fourth-order valence-corrected chi connectivity index (χ4v) is 5.15. The van der Waals surface area contributed by atoms with Gasteiger partial charge in [0.15, 0.2) is 5.01 Å². The van der Waals surface area contributed by atoms with Gasteiger partial charge in [-0.05, 0) is 51.0 Å². The normalized spacial score (nSPS) is 18.7. The lowest BCUT2D eigenvalue weighted by Gasteiger charge is -2.29. The van der Waals surface area contributed by atoms with E-state index in [1.807, 2.05) is 0 Å². The summed E-state index contributed by atoms with van der Waals surface area (Å²) >= 11 is 1.26. The molecule has 1 aromatic rings. The lowest BCUT2D eigenvalue weighted by molar-refractivity contribution is -0.138. The molecule has 3 rings (SSSR count). The largest absolute Gasteiger partial charge is 0.344 e. The Bertz CT molecular complexity index is 747. The molecule has 32 heavy (non-hydrogen) atoms. The quantitative estimate of drug-likeness (QED) is 0.304. The number of rotatable bonds is 13. The van der Waals surface area contributed by atoms with Crippen LogP contribution in [0.2, 0.25) is 0 Å². The number of nitrogens with two attached hydrogens (primary N) is 2. The first kappa shape index (κ1) is 24.8. The molecule has 0 radical (unpaired) electrons. The predicted molar refractivity (Wildman–Crippen MR) is 125 cm³/mol. The molecule has 0 unspecified atom stereocenters. The number of amides is 2. The van der Waals surface area contributed by atoms with Crippen molar-refractivity contribution in [3.63, 3.8) is 0 Å². The Balaban J connectivity index is 1.58. The monoisotopic (exact) mass is 463 g/mol. The fourth-order valence-electron chi connectivity index (χ4n) is 4.52. The Kier molecular flexibility index (Phi) is 9.62. The van der Waals surface area contributed by atoms with Gasteiger partial charge in [0, 0.05) is 17.6 Å². The number of Topliss-reactive ketones (excluding diaryl/α,β-unsaturated/α-hetero) is 1. The van der Waals surface area contributed by atoms with Gasteiger partial charge in [-0.15, -0.1) is 11.3 Å². The second-order valence-corrected chi connectivity index (χ2v) is 10.0. The van der Waals surface area contributed by atoms with E-state index >= 15 is 0 Å². The van der Waals surface area contributed by atoms with E-state index in [0.29, 0.717) is 30.3 Å². The Labute approximate surface area is 194 Å². The summed E-state index contributed by atoms with van der Waals surface area (Å²) in [4.78, 5) is 44.5. The smallest absolute Gasteiger partial charge is 0.240 e. The van der Waals surface area contributed by atoms with Crippen LogP contribution in [0.4, 0.5) is 0 Å². The van der Waals surface area contributed by atoms with Gasteiger partial charge in [-0.25, -0.2) is 4.98 Å². The van der Waals surface area contributed by atoms with Crippen LogP contribution in [0, 0.1) is 5.92 Å². The molecule has 2 fully saturated rings. The van der Waals surface area contributed by atoms with E-state index in [2.05, 4.69) is 10.3 Å². The van der Waals surface area contributed by atoms with Crippen LogP contribution in [0.15, 0.2) is 11.6 Å². The van der Waals surface area contributed by atoms with E-state index in [1.54, 1.807) is 16.5 Å². The average molecular weight is 464 g/mol. The highest BCUT2D eigenvalue weighted by atomic mass is 32.1. The predicted octanol–water partition coefficient (Wildman–Crippen LogP) is 2.23. The summed E-state index contributed by atoms with van der Waals surface area (Å²) in [6.07, 6.45) is 12.0. The van der Waals surface area contributed by atoms with Gasteiger partial charge in [0.2, 0.25) is 17.6 Å². The third-order valence-electron chi connectivity index (χ3n) is 6.46. The summed E-state index contributed by atoms with van der Waals surface area (Å²) in [6.45, 7) is 0.482. The lowest BCUT2D eigenvalue weighted by atomic mass is 9.85. The second kappa shape index (κ2) is 12.4. The summed E-state index contributed by atoms with van der Waals surface area (Å²) in [5, 5.41) is 4.98. The Morgan fingerprint density at radius 3 is 2.53 bits per heavy atom. The van der Waals surface area contributed by atoms with Gasteiger partial charge < -0.3 is 21.7 Å². The molecule has 2 saturated carbocycles. The Morgan fingerprint density at radius 1 is 1.16 bits per heavy atom. The van der Waals surface area contributed by atoms with Crippen molar-refractivity contribution in [3.8, 4) is 0 Å². The number of thiazole rings is 1. The summed E-state index contributed by atoms with van der Waals surface area (Å²) in [5.41, 5.74) is 11.9. The number of hydrogen-bond donors (Lipinski definition) is 3. The van der Waals surface area contributed by atoms with Gasteiger partial charge in [0.25, 0.3) is 0 Å². The van der Waals surface area contributed by atoms with Gasteiger partial charge in [-0.1, -0.05) is 32.1 Å². The van der Waals surface area contributed by atoms with Crippen LogP contribution in [-0.4, -0.2) is 58.7 Å². The van der Waals surface area contributed by atoms with E-state index in [-0.39, 0.29) is 30.2 Å². The van der Waals surface area contributed by atoms with Crippen LogP contribution < -0.4 is 16.8 Å². The van der Waals surface area contributed by atoms with Gasteiger partial charge in [0.05, 0.1) is 18.6 Å². The second-order valence-electron chi connectivity index (χ2n) is 9.15. The molecule has 178 valence electrons. The Hall–Kier alpha value is -1.84. The van der Waals surface area contributed by atoms with Crippen molar-refractivity contribution < 1.29 is 14.4 Å². The lowest BCUT2D eigenvalue weighted by Crippen LogP contribution is -2.51. The molecule has 1 aromatic heterocycles. The van der Waals surface area contributed by atoms with Crippen molar-refractivity contribution >= 4 is 28.9 Å². The molecule has 0 bridgehead atoms. The third kappa shape index (κ3) is 7.35. The minimum Gasteiger partial charge on any atom is -0.344 e. The van der Waals surface area contributed by atoms with Crippen LogP contribution in [0.5, 0.6) is 0 Å². The van der Waals surface area contributed by atoms with Gasteiger partial charge >= 0.3 is 0 Å². The number of hydrogen-bond acceptors (Lipinski definition) is 7. The highest BCUT2D eigenvalue weighted by molar-refractivity contribution is 7.11. The van der Waals surface area contributed by atoms with Crippen molar-refractivity contribution in [2.75, 3.05) is 13.1 Å². The van der Waals surface area contributed by atoms with Crippen LogP contribution in [0.1, 0.15) is 80.4 Å². The van der Waals surface area contributed by atoms with Crippen molar-refractivity contribution in [2.24, 2.45) is 17.4 Å². The highest BCUT2D eigenvalue weighted by Gasteiger charge is 2.37. The van der Waals surface area contributed by atoms with Gasteiger partial charge in [-0.3, -0.25) is 14.4 Å². The first-order valence-corrected chi connectivity index (χ1v) is 12.9. The molecule has 8 nitrogen and oxygen atoms in total. The number of aromatic nitrogens is 1. The molecular weight excluding hydrogens is 426 g/mol. The van der Waals surface area contributed by atoms with Gasteiger partial charge in [-0.2, -0.15) is 0 Å². The van der Waals surface area contributed by atoms with Crippen molar-refractivity contribution in [2.45, 2.75) is 88.8 Å². The minimum absolute atomic E-state index is 0.0552. The molecule has 1 heterocycles. The molecule has 2 aliphatic rings. The van der Waals surface area contributed by atoms with E-state index in [0.717, 1.165) is 38.5 Å². The average Bonchev–Trinajstić information content (AvgIpc) is 3.49. The van der Waals surface area contributed by atoms with Crippen molar-refractivity contribution in [1.29, 1.82) is 0 Å². The van der Waals surface area contributed by atoms with Crippen LogP contribution in [0.3, 0.4) is 0 Å². The zero-order valence-corrected chi connectivity index (χ0v) is 19.7. The summed E-state index contributed by atoms with van der Waals surface area (Å²) in [6, 6.07) is -1.15. The number of carbonyl (C=O) groups is 3. The summed E-state index contributed by atoms with van der Waals surface area (Å²) < 4.78 is 0. The van der Waals surface area contributed by atoms with Gasteiger partial charge in [0.1, 0.15) is 0 Å². The first-order chi connectivity index (χ1) is 15.5. The first-order valence-electron chi connectivity index (χ1n) is 12.0. The molecule has 0 aromatic carbocycles. The molecule has 0 spiro atoms. The summed E-state index contributed by atoms with van der Waals surface area (Å²) in [7, 11) is 0. The highest BCUT2D eigenvalue weighted by Crippen LogP contribution is 2.30. The van der Waals surface area contributed by atoms with Crippen molar-refractivity contribution in [3.05, 3.63) is 16.6 Å². The minimum atomic E-state index is -0.660. The van der Waals surface area contributed by atoms with Crippen molar-refractivity contribution in [1.82, 2.24) is 15.2 Å². The topological polar surface area (TPSA) is 131 Å². The zero-order valence-electron chi connectivity index (χ0n) is 18.8. The van der Waals surface area contributed by atoms with E-state index < -0.39 is 12.1 Å². The molecule has 2 amide bonds. The third-order valence-corrected chi connectivity index (χ3v) is 7.24. The maximum absolute atomic E-state index is 13.1. The number of nitrogens with one attached hydrogen (secondary N) is 1. The standard InChI is InChI=1S/C23H37N5O3S/c24-11-5-4-8-19(21(30)22-26-12-13-32-22)27-20(29)15-28(17-9-10-17)23(31)18(25)14-16-6-2-1-3-7-16/h12-13,16-19H,1-11,14-15,24-25H2,(H,27,29)/t18-,19+/m1/s1. The molecule has 5 N–H and O–H groups in total. The SMILES string of the molecule is NCCCC[C@H](NC(=O)CN(C(=O)[C@H](N)CC1CCCCC1)C1CC1)C(=O)c1nccs1. The van der Waals surface area contributed by atoms with Crippen LogP contribution in [-0.2, 0) is 9.59 Å². The maximum atomic E-state index is 13.1. The molecular formula is C23H37N5O3S. The number of unbranched alkanes of at least 4 members (excludes halogenated alkanes) is 1. The molecule has 0 aliphatic heterocycles. The molecule has 2 aliphatic carbocycles. The van der Waals surface area contributed by atoms with E-state index in [4.69, 9.17) is 11.5 Å². The molecule has 0 saturated heterocycles. The zero-order chi connectivity index (χ0) is 22.9. The number of carbonyl (C=O) groups excluding carboxylic acids is 3. The van der Waals surface area contributed by atoms with Crippen LogP contribution in [0.25, 0.3) is 0 Å². The van der Waals surface area contributed by atoms with Crippen LogP contribution >= 0.6 is 11.3 Å². The number of ketones is 1. The van der Waals surface area contributed by atoms with E-state index in [9.17, 15) is 14.4 Å². The maximum Gasteiger partial charge on any atom is 0.240 e.